The minimum Gasteiger partial charge on any atom is -0.494 e. The van der Waals surface area contributed by atoms with Crippen LogP contribution in [0.15, 0.2) is 79.0 Å². The molecular weight excluding hydrogens is 477 g/mol. The van der Waals surface area contributed by atoms with Crippen LogP contribution in [0.2, 0.25) is 0 Å². The van der Waals surface area contributed by atoms with E-state index < -0.39 is 0 Å². The van der Waals surface area contributed by atoms with Gasteiger partial charge in [0.2, 0.25) is 0 Å². The molecule has 3 aromatic carbocycles. The summed E-state index contributed by atoms with van der Waals surface area (Å²) in [5.41, 5.74) is 3.03. The molecule has 1 heterocycles. The molecule has 0 saturated heterocycles. The SMILES string of the molecule is CCCCc1nc(-c2ccc(OCCCN(CC)CC)cc2)cn1-c1ccc(Oc2ccc(F)cc2)cc1. The van der Waals surface area contributed by atoms with E-state index in [1.165, 1.54) is 12.1 Å². The Morgan fingerprint density at radius 3 is 2.05 bits per heavy atom. The molecule has 0 N–H and O–H groups in total. The number of nitrogens with zero attached hydrogens (tertiary/aromatic N) is 3. The van der Waals surface area contributed by atoms with E-state index >= 15 is 0 Å². The maximum Gasteiger partial charge on any atom is 0.127 e. The fraction of sp³-hybridized carbons (Fsp3) is 0.344. The molecule has 0 fully saturated rings. The van der Waals surface area contributed by atoms with E-state index in [-0.39, 0.29) is 5.82 Å². The van der Waals surface area contributed by atoms with E-state index in [9.17, 15) is 4.39 Å². The van der Waals surface area contributed by atoms with Crippen LogP contribution in [0.3, 0.4) is 0 Å². The van der Waals surface area contributed by atoms with Crippen molar-refractivity contribution < 1.29 is 13.9 Å². The number of benzene rings is 3. The normalized spacial score (nSPS) is 11.2. The Bertz CT molecular complexity index is 1250. The third kappa shape index (κ3) is 7.45. The molecule has 0 aliphatic heterocycles. The highest BCUT2D eigenvalue weighted by Gasteiger charge is 2.12. The Labute approximate surface area is 225 Å². The minimum absolute atomic E-state index is 0.281. The molecule has 6 heteroatoms. The van der Waals surface area contributed by atoms with Crippen molar-refractivity contribution in [3.05, 3.63) is 90.6 Å². The van der Waals surface area contributed by atoms with E-state index in [2.05, 4.69) is 48.6 Å². The maximum atomic E-state index is 13.2. The molecule has 4 rings (SSSR count). The van der Waals surface area contributed by atoms with Gasteiger partial charge in [0.25, 0.3) is 0 Å². The predicted molar refractivity (Wildman–Crippen MR) is 152 cm³/mol. The molecule has 200 valence electrons. The number of aromatic nitrogens is 2. The van der Waals surface area contributed by atoms with Gasteiger partial charge in [0.1, 0.15) is 28.9 Å². The standard InChI is InChI=1S/C32H38FN3O2/c1-4-7-9-32-34-31(25-10-16-28(17-11-25)37-23-8-22-35(5-2)6-3)24-36(32)27-14-20-30(21-15-27)38-29-18-12-26(33)13-19-29/h10-21,24H,4-9,22-23H2,1-3H3. The average Bonchev–Trinajstić information content (AvgIpc) is 3.38. The predicted octanol–water partition coefficient (Wildman–Crippen LogP) is 7.92. The summed E-state index contributed by atoms with van der Waals surface area (Å²) < 4.78 is 27.2. The number of ether oxygens (including phenoxy) is 2. The van der Waals surface area contributed by atoms with E-state index in [1.54, 1.807) is 12.1 Å². The molecule has 38 heavy (non-hydrogen) atoms. The van der Waals surface area contributed by atoms with Crippen LogP contribution in [0.25, 0.3) is 16.9 Å². The summed E-state index contributed by atoms with van der Waals surface area (Å²) in [6, 6.07) is 22.1. The molecule has 4 aromatic rings. The van der Waals surface area contributed by atoms with Crippen molar-refractivity contribution in [3.63, 3.8) is 0 Å². The molecule has 0 aliphatic carbocycles. The van der Waals surface area contributed by atoms with Crippen molar-refractivity contribution >= 4 is 0 Å². The topological polar surface area (TPSA) is 39.5 Å². The van der Waals surface area contributed by atoms with E-state index in [1.807, 2.05) is 36.4 Å². The molecule has 0 unspecified atom stereocenters. The second-order valence-electron chi connectivity index (χ2n) is 9.32. The third-order valence-electron chi connectivity index (χ3n) is 6.63. The quantitative estimate of drug-likeness (QED) is 0.160. The van der Waals surface area contributed by atoms with Gasteiger partial charge >= 0.3 is 0 Å². The van der Waals surface area contributed by atoms with Crippen LogP contribution < -0.4 is 9.47 Å². The Morgan fingerprint density at radius 1 is 0.789 bits per heavy atom. The van der Waals surface area contributed by atoms with E-state index in [0.29, 0.717) is 18.1 Å². The average molecular weight is 516 g/mol. The van der Waals surface area contributed by atoms with E-state index in [0.717, 1.165) is 73.8 Å². The molecule has 0 bridgehead atoms. The fourth-order valence-corrected chi connectivity index (χ4v) is 4.35. The number of unbranched alkanes of at least 4 members (excludes halogenated alkanes) is 1. The van der Waals surface area contributed by atoms with Gasteiger partial charge < -0.3 is 18.9 Å². The zero-order valence-corrected chi connectivity index (χ0v) is 22.7. The van der Waals surface area contributed by atoms with Crippen LogP contribution >= 0.6 is 0 Å². The van der Waals surface area contributed by atoms with Crippen molar-refractivity contribution in [2.75, 3.05) is 26.2 Å². The lowest BCUT2D eigenvalue weighted by molar-refractivity contribution is 0.249. The first-order valence-electron chi connectivity index (χ1n) is 13.7. The summed E-state index contributed by atoms with van der Waals surface area (Å²) in [6.07, 6.45) is 6.19. The van der Waals surface area contributed by atoms with Crippen molar-refractivity contribution in [1.82, 2.24) is 14.5 Å². The monoisotopic (exact) mass is 515 g/mol. The fourth-order valence-electron chi connectivity index (χ4n) is 4.35. The molecule has 0 atom stereocenters. The number of halogens is 1. The lowest BCUT2D eigenvalue weighted by Gasteiger charge is -2.17. The zero-order valence-electron chi connectivity index (χ0n) is 22.7. The van der Waals surface area contributed by atoms with E-state index in [4.69, 9.17) is 14.5 Å². The zero-order chi connectivity index (χ0) is 26.7. The molecule has 0 aliphatic rings. The first kappa shape index (κ1) is 27.4. The van der Waals surface area contributed by atoms with Gasteiger partial charge in [-0.2, -0.15) is 0 Å². The van der Waals surface area contributed by atoms with Crippen molar-refractivity contribution in [3.8, 4) is 34.2 Å². The first-order chi connectivity index (χ1) is 18.6. The molecule has 5 nitrogen and oxygen atoms in total. The van der Waals surface area contributed by atoms with Crippen LogP contribution in [0, 0.1) is 5.82 Å². The van der Waals surface area contributed by atoms with Crippen LogP contribution in [0.4, 0.5) is 4.39 Å². The molecule has 0 radical (unpaired) electrons. The minimum atomic E-state index is -0.281. The lowest BCUT2D eigenvalue weighted by atomic mass is 10.1. The summed E-state index contributed by atoms with van der Waals surface area (Å²) >= 11 is 0. The Hall–Kier alpha value is -3.64. The number of aryl methyl sites for hydroxylation is 1. The van der Waals surface area contributed by atoms with Crippen LogP contribution in [0.1, 0.15) is 45.9 Å². The van der Waals surface area contributed by atoms with Crippen molar-refractivity contribution in [2.45, 2.75) is 46.5 Å². The van der Waals surface area contributed by atoms with Crippen molar-refractivity contribution in [2.24, 2.45) is 0 Å². The highest BCUT2D eigenvalue weighted by Crippen LogP contribution is 2.27. The number of hydrogen-bond donors (Lipinski definition) is 0. The largest absolute Gasteiger partial charge is 0.494 e. The van der Waals surface area contributed by atoms with Gasteiger partial charge in [-0.15, -0.1) is 0 Å². The summed E-state index contributed by atoms with van der Waals surface area (Å²) in [4.78, 5) is 7.39. The van der Waals surface area contributed by atoms with Gasteiger partial charge in [-0.1, -0.05) is 27.2 Å². The summed E-state index contributed by atoms with van der Waals surface area (Å²) in [5.74, 6) is 2.94. The summed E-state index contributed by atoms with van der Waals surface area (Å²) in [6.45, 7) is 10.5. The first-order valence-corrected chi connectivity index (χ1v) is 13.7. The van der Waals surface area contributed by atoms with Crippen molar-refractivity contribution in [1.29, 1.82) is 0 Å². The molecule has 0 amide bonds. The van der Waals surface area contributed by atoms with Gasteiger partial charge in [0.05, 0.1) is 12.3 Å². The van der Waals surface area contributed by atoms with Crippen LogP contribution in [-0.2, 0) is 6.42 Å². The van der Waals surface area contributed by atoms with Crippen LogP contribution in [0.5, 0.6) is 17.2 Å². The Morgan fingerprint density at radius 2 is 1.42 bits per heavy atom. The van der Waals surface area contributed by atoms with Gasteiger partial charge in [-0.05, 0) is 98.7 Å². The smallest absolute Gasteiger partial charge is 0.127 e. The van der Waals surface area contributed by atoms with Gasteiger partial charge in [-0.25, -0.2) is 9.37 Å². The molecular formula is C32H38FN3O2. The summed E-state index contributed by atoms with van der Waals surface area (Å²) in [7, 11) is 0. The van der Waals surface area contributed by atoms with Gasteiger partial charge in [0, 0.05) is 30.4 Å². The number of rotatable bonds is 14. The van der Waals surface area contributed by atoms with Gasteiger partial charge in [-0.3, -0.25) is 0 Å². The highest BCUT2D eigenvalue weighted by atomic mass is 19.1. The maximum absolute atomic E-state index is 13.2. The second-order valence-corrected chi connectivity index (χ2v) is 9.32. The lowest BCUT2D eigenvalue weighted by Crippen LogP contribution is -2.25. The number of imidazole rings is 1. The second kappa shape index (κ2) is 13.8. The molecule has 1 aromatic heterocycles. The molecule has 0 spiro atoms. The number of hydrogen-bond acceptors (Lipinski definition) is 4. The summed E-state index contributed by atoms with van der Waals surface area (Å²) in [5, 5.41) is 0. The third-order valence-corrected chi connectivity index (χ3v) is 6.63. The highest BCUT2D eigenvalue weighted by molar-refractivity contribution is 5.61. The Balaban J connectivity index is 1.45. The molecule has 0 saturated carbocycles. The van der Waals surface area contributed by atoms with Gasteiger partial charge in [0.15, 0.2) is 0 Å². The van der Waals surface area contributed by atoms with Crippen LogP contribution in [-0.4, -0.2) is 40.7 Å². The Kier molecular flexibility index (Phi) is 9.93.